The molecule has 0 amide bonds. The van der Waals surface area contributed by atoms with Gasteiger partial charge in [-0.25, -0.2) is 0 Å². The molecule has 0 fully saturated rings. The molecule has 0 spiro atoms. The number of quaternary nitrogens is 1. The van der Waals surface area contributed by atoms with Crippen molar-refractivity contribution in [1.82, 2.24) is 0 Å². The van der Waals surface area contributed by atoms with E-state index >= 15 is 0 Å². The maximum absolute atomic E-state index is 12.8. The Morgan fingerprint density at radius 1 is 0.462 bits per heavy atom. The zero-order valence-corrected chi connectivity index (χ0v) is 41.8. The molecule has 0 aromatic heterocycles. The number of carbonyl (C=O) groups is 3. The lowest BCUT2D eigenvalue weighted by Crippen LogP contribution is -2.44. The normalized spacial score (nSPS) is 13.7. The highest BCUT2D eigenvalue weighted by molar-refractivity contribution is 5.70. The van der Waals surface area contributed by atoms with Crippen LogP contribution >= 0.6 is 0 Å². The quantitative estimate of drug-likeness (QED) is 0.0195. The number of allylic oxidation sites excluding steroid dienone is 16. The fourth-order valence-electron chi connectivity index (χ4n) is 6.46. The summed E-state index contributed by atoms with van der Waals surface area (Å²) in [6.45, 7) is 4.47. The van der Waals surface area contributed by atoms with Crippen LogP contribution in [0.5, 0.6) is 0 Å². The Morgan fingerprint density at radius 3 is 1.23 bits per heavy atom. The molecule has 0 aliphatic rings. The first-order chi connectivity index (χ1) is 31.6. The molecule has 0 aliphatic carbocycles. The standard InChI is InChI=1S/C56H93NO8/c1-6-8-10-12-14-16-18-20-22-24-25-26-27-28-29-31-33-35-37-39-41-43-45-47-54(59)65-52(51-64-56(55(60)61)62-49-48-57(3,4)5)50-63-53(58)46-44-42-40-38-36-34-32-30-23-21-19-17-15-13-11-9-7-2/h8-11,14-17,20-23,25-26,32,34,52,56H,6-7,12-13,18-19,24,27-31,33,35-51H2,1-5H3/b10-8-,11-9-,16-14-,17-15-,22-20-,23-21-,26-25-,34-32-. The number of carbonyl (C=O) groups excluding carboxylic acids is 3. The van der Waals surface area contributed by atoms with Crippen molar-refractivity contribution in [3.63, 3.8) is 0 Å². The van der Waals surface area contributed by atoms with Crippen LogP contribution in [0, 0.1) is 0 Å². The lowest BCUT2D eigenvalue weighted by Gasteiger charge is -2.26. The van der Waals surface area contributed by atoms with Gasteiger partial charge < -0.3 is 33.3 Å². The van der Waals surface area contributed by atoms with E-state index in [1.807, 2.05) is 21.1 Å². The van der Waals surface area contributed by atoms with Crippen molar-refractivity contribution >= 4 is 17.9 Å². The van der Waals surface area contributed by atoms with E-state index in [2.05, 4.69) is 111 Å². The van der Waals surface area contributed by atoms with E-state index in [-0.39, 0.29) is 38.6 Å². The van der Waals surface area contributed by atoms with Crippen LogP contribution in [0.3, 0.4) is 0 Å². The molecule has 0 bridgehead atoms. The van der Waals surface area contributed by atoms with Crippen LogP contribution in [0.2, 0.25) is 0 Å². The first kappa shape index (κ1) is 61.2. The van der Waals surface area contributed by atoms with E-state index in [0.29, 0.717) is 23.9 Å². The number of hydrogen-bond acceptors (Lipinski definition) is 8. The highest BCUT2D eigenvalue weighted by Crippen LogP contribution is 2.14. The predicted octanol–water partition coefficient (Wildman–Crippen LogP) is 12.9. The number of hydrogen-bond donors (Lipinski definition) is 0. The van der Waals surface area contributed by atoms with Crippen molar-refractivity contribution < 1.29 is 42.9 Å². The largest absolute Gasteiger partial charge is 0.545 e. The Kier molecular flexibility index (Phi) is 44.0. The first-order valence-corrected chi connectivity index (χ1v) is 25.4. The lowest BCUT2D eigenvalue weighted by atomic mass is 10.0. The number of aliphatic carboxylic acids is 1. The molecule has 65 heavy (non-hydrogen) atoms. The first-order valence-electron chi connectivity index (χ1n) is 25.4. The van der Waals surface area contributed by atoms with Crippen molar-refractivity contribution in [2.45, 2.75) is 193 Å². The summed E-state index contributed by atoms with van der Waals surface area (Å²) in [6, 6.07) is 0. The number of esters is 2. The average molecular weight is 908 g/mol. The smallest absolute Gasteiger partial charge is 0.306 e. The predicted molar refractivity (Wildman–Crippen MR) is 269 cm³/mol. The van der Waals surface area contributed by atoms with Gasteiger partial charge in [-0.05, 0) is 89.9 Å². The van der Waals surface area contributed by atoms with Gasteiger partial charge in [-0.3, -0.25) is 9.59 Å². The van der Waals surface area contributed by atoms with E-state index < -0.39 is 24.3 Å². The Labute approximate surface area is 397 Å². The van der Waals surface area contributed by atoms with Crippen molar-refractivity contribution in [3.8, 4) is 0 Å². The highest BCUT2D eigenvalue weighted by Gasteiger charge is 2.21. The van der Waals surface area contributed by atoms with E-state index in [1.165, 1.54) is 38.5 Å². The third kappa shape index (κ3) is 48.0. The second kappa shape index (κ2) is 46.7. The zero-order valence-electron chi connectivity index (χ0n) is 41.8. The number of carboxylic acids is 1. The van der Waals surface area contributed by atoms with Crippen molar-refractivity contribution in [1.29, 1.82) is 0 Å². The fourth-order valence-corrected chi connectivity index (χ4v) is 6.46. The van der Waals surface area contributed by atoms with Gasteiger partial charge in [0.25, 0.3) is 0 Å². The van der Waals surface area contributed by atoms with Crippen molar-refractivity contribution in [3.05, 3.63) is 97.2 Å². The summed E-state index contributed by atoms with van der Waals surface area (Å²) < 4.78 is 22.6. The van der Waals surface area contributed by atoms with Crippen LogP contribution in [0.15, 0.2) is 97.2 Å². The van der Waals surface area contributed by atoms with Gasteiger partial charge in [-0.1, -0.05) is 175 Å². The second-order valence-corrected chi connectivity index (χ2v) is 17.7. The molecule has 0 aliphatic heterocycles. The Morgan fingerprint density at radius 2 is 0.831 bits per heavy atom. The molecule has 0 heterocycles. The topological polar surface area (TPSA) is 111 Å². The summed E-state index contributed by atoms with van der Waals surface area (Å²) in [5.41, 5.74) is 0. The van der Waals surface area contributed by atoms with Crippen molar-refractivity contribution in [2.75, 3.05) is 47.5 Å². The van der Waals surface area contributed by atoms with Crippen LogP contribution in [-0.2, 0) is 33.3 Å². The van der Waals surface area contributed by atoms with E-state index in [4.69, 9.17) is 18.9 Å². The van der Waals surface area contributed by atoms with Crippen LogP contribution < -0.4 is 5.11 Å². The fraction of sp³-hybridized carbons (Fsp3) is 0.661. The molecule has 0 N–H and O–H groups in total. The van der Waals surface area contributed by atoms with Gasteiger partial charge in [0, 0.05) is 12.8 Å². The van der Waals surface area contributed by atoms with Gasteiger partial charge in [-0.15, -0.1) is 0 Å². The Hall–Kier alpha value is -3.79. The summed E-state index contributed by atoms with van der Waals surface area (Å²) in [6.07, 6.45) is 58.7. The monoisotopic (exact) mass is 908 g/mol. The maximum atomic E-state index is 12.8. The minimum Gasteiger partial charge on any atom is -0.545 e. The number of likely N-dealkylation sites (N-methyl/N-ethyl adjacent to an activating group) is 1. The summed E-state index contributed by atoms with van der Waals surface area (Å²) >= 11 is 0. The number of unbranched alkanes of at least 4 members (excludes halogenated alkanes) is 14. The van der Waals surface area contributed by atoms with Crippen LogP contribution in [-0.4, -0.2) is 82.3 Å². The van der Waals surface area contributed by atoms with Crippen LogP contribution in [0.1, 0.15) is 181 Å². The molecule has 370 valence electrons. The molecule has 0 aromatic rings. The number of ether oxygens (including phenoxy) is 4. The minimum atomic E-state index is -1.63. The molecule has 9 heteroatoms. The van der Waals surface area contributed by atoms with Gasteiger partial charge in [0.1, 0.15) is 13.2 Å². The Bertz CT molecular complexity index is 1380. The van der Waals surface area contributed by atoms with Gasteiger partial charge in [0.05, 0.1) is 40.3 Å². The minimum absolute atomic E-state index is 0.137. The molecule has 2 unspecified atom stereocenters. The lowest BCUT2D eigenvalue weighted by molar-refractivity contribution is -0.870. The second-order valence-electron chi connectivity index (χ2n) is 17.7. The van der Waals surface area contributed by atoms with Crippen molar-refractivity contribution in [2.24, 2.45) is 0 Å². The molecule has 0 radical (unpaired) electrons. The highest BCUT2D eigenvalue weighted by atomic mass is 16.7. The molecule has 0 saturated carbocycles. The van der Waals surface area contributed by atoms with Crippen LogP contribution in [0.25, 0.3) is 0 Å². The van der Waals surface area contributed by atoms with Crippen LogP contribution in [0.4, 0.5) is 0 Å². The molecule has 0 saturated heterocycles. The molecule has 2 atom stereocenters. The van der Waals surface area contributed by atoms with E-state index in [9.17, 15) is 19.5 Å². The van der Waals surface area contributed by atoms with E-state index in [0.717, 1.165) is 103 Å². The molecule has 9 nitrogen and oxygen atoms in total. The Balaban J connectivity index is 4.39. The molecule has 0 aromatic carbocycles. The summed E-state index contributed by atoms with van der Waals surface area (Å²) in [5.74, 6) is -2.33. The summed E-state index contributed by atoms with van der Waals surface area (Å²) in [5, 5.41) is 11.7. The molecule has 0 rings (SSSR count). The third-order valence-electron chi connectivity index (χ3n) is 10.3. The SMILES string of the molecule is CC/C=C\C/C=C\C/C=C\C/C=C\CCCCCCCCCCCCC(=O)OC(COC(=O)CCCCCC/C=C\C/C=C\C/C=C\C/C=C\CC)COC(OCC[N+](C)(C)C)C(=O)[O-]. The van der Waals surface area contributed by atoms with E-state index in [1.54, 1.807) is 0 Å². The van der Waals surface area contributed by atoms with Gasteiger partial charge in [0.2, 0.25) is 0 Å². The summed E-state index contributed by atoms with van der Waals surface area (Å²) in [7, 11) is 5.90. The third-order valence-corrected chi connectivity index (χ3v) is 10.3. The zero-order chi connectivity index (χ0) is 47.7. The van der Waals surface area contributed by atoms with Gasteiger partial charge in [0.15, 0.2) is 12.4 Å². The summed E-state index contributed by atoms with van der Waals surface area (Å²) in [4.78, 5) is 37.1. The molecular weight excluding hydrogens is 815 g/mol. The average Bonchev–Trinajstić information content (AvgIpc) is 3.27. The number of nitrogens with zero attached hydrogens (tertiary/aromatic N) is 1. The number of rotatable bonds is 45. The maximum Gasteiger partial charge on any atom is 0.306 e. The van der Waals surface area contributed by atoms with Gasteiger partial charge >= 0.3 is 11.9 Å². The molecular formula is C56H93NO8. The number of carboxylic acid groups (broad SMARTS) is 1. The van der Waals surface area contributed by atoms with Gasteiger partial charge in [-0.2, -0.15) is 0 Å².